The molecule has 0 aromatic carbocycles. The number of nitrogens with one attached hydrogen (secondary N) is 1. The molecule has 0 bridgehead atoms. The van der Waals surface area contributed by atoms with Crippen LogP contribution in [-0.4, -0.2) is 59.9 Å². The molecule has 1 saturated heterocycles. The summed E-state index contributed by atoms with van der Waals surface area (Å²) < 4.78 is 5.55. The van der Waals surface area contributed by atoms with Crippen molar-refractivity contribution in [1.29, 1.82) is 0 Å². The average molecular weight is 291 g/mol. The molecule has 2 heterocycles. The number of ether oxygens (including phenoxy) is 1. The fourth-order valence-electron chi connectivity index (χ4n) is 1.80. The van der Waals surface area contributed by atoms with Gasteiger partial charge in [0.25, 0.3) is 5.91 Å². The third kappa shape index (κ3) is 3.88. The first kappa shape index (κ1) is 13.7. The third-order valence-corrected chi connectivity index (χ3v) is 3.63. The van der Waals surface area contributed by atoms with E-state index in [2.05, 4.69) is 20.4 Å². The zero-order valence-electron chi connectivity index (χ0n) is 10.1. The summed E-state index contributed by atoms with van der Waals surface area (Å²) in [6.07, 6.45) is 0. The molecule has 1 aromatic rings. The molecule has 0 aliphatic carbocycles. The topological polar surface area (TPSA) is 67.3 Å². The summed E-state index contributed by atoms with van der Waals surface area (Å²) in [5.41, 5.74) is 0. The molecular formula is C10H15ClN4O2S. The molecule has 0 saturated carbocycles. The van der Waals surface area contributed by atoms with E-state index in [0.717, 1.165) is 44.2 Å². The van der Waals surface area contributed by atoms with Crippen molar-refractivity contribution in [2.24, 2.45) is 0 Å². The molecule has 1 unspecified atom stereocenters. The van der Waals surface area contributed by atoms with Gasteiger partial charge in [0.1, 0.15) is 0 Å². The summed E-state index contributed by atoms with van der Waals surface area (Å²) in [5.74, 6) is -0.222. The highest BCUT2D eigenvalue weighted by atomic mass is 35.5. The number of nitrogens with zero attached hydrogens (tertiary/aromatic N) is 3. The van der Waals surface area contributed by atoms with Gasteiger partial charge < -0.3 is 10.1 Å². The number of hydrogen-bond donors (Lipinski definition) is 1. The van der Waals surface area contributed by atoms with Gasteiger partial charge in [0.2, 0.25) is 9.47 Å². The summed E-state index contributed by atoms with van der Waals surface area (Å²) in [6, 6.07) is 0.0540. The zero-order valence-corrected chi connectivity index (χ0v) is 11.6. The molecule has 1 atom stereocenters. The Bertz CT molecular complexity index is 408. The summed E-state index contributed by atoms with van der Waals surface area (Å²) in [5, 5.41) is 10.5. The van der Waals surface area contributed by atoms with Gasteiger partial charge in [-0.3, -0.25) is 9.69 Å². The van der Waals surface area contributed by atoms with E-state index in [9.17, 15) is 4.79 Å². The minimum atomic E-state index is -0.222. The van der Waals surface area contributed by atoms with Gasteiger partial charge in [-0.1, -0.05) is 11.3 Å². The summed E-state index contributed by atoms with van der Waals surface area (Å²) in [6.45, 7) is 6.10. The first-order chi connectivity index (χ1) is 8.65. The highest BCUT2D eigenvalue weighted by molar-refractivity contribution is 7.17. The average Bonchev–Trinajstić information content (AvgIpc) is 2.77. The van der Waals surface area contributed by atoms with Gasteiger partial charge in [0, 0.05) is 25.7 Å². The molecular weight excluding hydrogens is 276 g/mol. The van der Waals surface area contributed by atoms with Crippen molar-refractivity contribution in [1.82, 2.24) is 20.4 Å². The van der Waals surface area contributed by atoms with Crippen LogP contribution in [0.3, 0.4) is 0 Å². The number of carbonyl (C=O) groups is 1. The fourth-order valence-corrected chi connectivity index (χ4v) is 2.53. The lowest BCUT2D eigenvalue weighted by molar-refractivity contribution is 0.0342. The normalized spacial score (nSPS) is 18.6. The Morgan fingerprint density at radius 2 is 2.28 bits per heavy atom. The van der Waals surface area contributed by atoms with E-state index in [1.165, 1.54) is 0 Å². The van der Waals surface area contributed by atoms with Crippen LogP contribution in [0.15, 0.2) is 0 Å². The molecule has 18 heavy (non-hydrogen) atoms. The molecule has 2 rings (SSSR count). The maximum atomic E-state index is 11.8. The minimum absolute atomic E-state index is 0.0540. The highest BCUT2D eigenvalue weighted by Gasteiger charge is 2.18. The van der Waals surface area contributed by atoms with E-state index in [1.54, 1.807) is 0 Å². The number of carbonyl (C=O) groups excluding carboxylic acids is 1. The van der Waals surface area contributed by atoms with Crippen molar-refractivity contribution in [2.75, 3.05) is 32.8 Å². The highest BCUT2D eigenvalue weighted by Crippen LogP contribution is 2.14. The van der Waals surface area contributed by atoms with Crippen LogP contribution in [0.5, 0.6) is 0 Å². The van der Waals surface area contributed by atoms with Crippen LogP contribution in [0.2, 0.25) is 4.47 Å². The minimum Gasteiger partial charge on any atom is -0.379 e. The van der Waals surface area contributed by atoms with Crippen LogP contribution in [0.4, 0.5) is 0 Å². The van der Waals surface area contributed by atoms with Crippen molar-refractivity contribution in [3.63, 3.8) is 0 Å². The predicted molar refractivity (Wildman–Crippen MR) is 69.1 cm³/mol. The van der Waals surface area contributed by atoms with E-state index < -0.39 is 0 Å². The quantitative estimate of drug-likeness (QED) is 0.881. The largest absolute Gasteiger partial charge is 0.379 e. The number of rotatable bonds is 4. The van der Waals surface area contributed by atoms with E-state index in [-0.39, 0.29) is 16.4 Å². The number of hydrogen-bond acceptors (Lipinski definition) is 6. The van der Waals surface area contributed by atoms with Gasteiger partial charge in [0.05, 0.1) is 13.2 Å². The molecule has 1 aliphatic rings. The van der Waals surface area contributed by atoms with E-state index >= 15 is 0 Å². The predicted octanol–water partition coefficient (Wildman–Crippen LogP) is 0.642. The molecule has 0 radical (unpaired) electrons. The van der Waals surface area contributed by atoms with Gasteiger partial charge in [0.15, 0.2) is 0 Å². The maximum Gasteiger partial charge on any atom is 0.282 e. The van der Waals surface area contributed by atoms with Crippen LogP contribution in [0.1, 0.15) is 16.7 Å². The standard InChI is InChI=1S/C10H15ClN4O2S/c1-7(6-15-2-4-17-5-3-15)12-8(16)9-13-14-10(11)18-9/h7H,2-6H2,1H3,(H,12,16). The maximum absolute atomic E-state index is 11.8. The lowest BCUT2D eigenvalue weighted by atomic mass is 10.3. The molecule has 0 spiro atoms. The van der Waals surface area contributed by atoms with E-state index in [4.69, 9.17) is 16.3 Å². The summed E-state index contributed by atoms with van der Waals surface area (Å²) in [4.78, 5) is 14.1. The van der Waals surface area contributed by atoms with Crippen LogP contribution >= 0.6 is 22.9 Å². The zero-order chi connectivity index (χ0) is 13.0. The molecule has 100 valence electrons. The van der Waals surface area contributed by atoms with Gasteiger partial charge in [-0.25, -0.2) is 0 Å². The Kier molecular flexibility index (Phi) is 4.87. The number of halogens is 1. The second-order valence-corrected chi connectivity index (χ2v) is 5.71. The number of morpholine rings is 1. The van der Waals surface area contributed by atoms with Crippen LogP contribution in [0.25, 0.3) is 0 Å². The lowest BCUT2D eigenvalue weighted by Crippen LogP contribution is -2.46. The van der Waals surface area contributed by atoms with Crippen molar-refractivity contribution in [2.45, 2.75) is 13.0 Å². The van der Waals surface area contributed by atoms with Crippen molar-refractivity contribution in [3.8, 4) is 0 Å². The SMILES string of the molecule is CC(CN1CCOCC1)NC(=O)c1nnc(Cl)s1. The molecule has 8 heteroatoms. The Morgan fingerprint density at radius 3 is 2.89 bits per heavy atom. The molecule has 1 amide bonds. The molecule has 1 N–H and O–H groups in total. The second-order valence-electron chi connectivity index (χ2n) is 4.15. The van der Waals surface area contributed by atoms with Gasteiger partial charge in [-0.2, -0.15) is 0 Å². The Morgan fingerprint density at radius 1 is 1.56 bits per heavy atom. The van der Waals surface area contributed by atoms with Crippen LogP contribution < -0.4 is 5.32 Å². The van der Waals surface area contributed by atoms with E-state index in [1.807, 2.05) is 6.92 Å². The Balaban J connectivity index is 1.79. The Labute approximate surface area is 114 Å². The second kappa shape index (κ2) is 6.42. The molecule has 1 fully saturated rings. The van der Waals surface area contributed by atoms with Crippen LogP contribution in [-0.2, 0) is 4.74 Å². The van der Waals surface area contributed by atoms with Crippen LogP contribution in [0, 0.1) is 0 Å². The first-order valence-corrected chi connectivity index (χ1v) is 6.94. The molecule has 1 aliphatic heterocycles. The summed E-state index contributed by atoms with van der Waals surface area (Å²) in [7, 11) is 0. The van der Waals surface area contributed by atoms with Crippen molar-refractivity contribution < 1.29 is 9.53 Å². The molecule has 6 nitrogen and oxygen atoms in total. The monoisotopic (exact) mass is 290 g/mol. The van der Waals surface area contributed by atoms with Gasteiger partial charge in [-0.05, 0) is 18.5 Å². The fraction of sp³-hybridized carbons (Fsp3) is 0.700. The van der Waals surface area contributed by atoms with Gasteiger partial charge >= 0.3 is 0 Å². The molecule has 1 aromatic heterocycles. The van der Waals surface area contributed by atoms with Crippen molar-refractivity contribution >= 4 is 28.8 Å². The third-order valence-electron chi connectivity index (χ3n) is 2.61. The van der Waals surface area contributed by atoms with E-state index in [0.29, 0.717) is 5.01 Å². The first-order valence-electron chi connectivity index (χ1n) is 5.75. The lowest BCUT2D eigenvalue weighted by Gasteiger charge is -2.29. The van der Waals surface area contributed by atoms with Gasteiger partial charge in [-0.15, -0.1) is 10.2 Å². The Hall–Kier alpha value is -0.760. The number of aromatic nitrogens is 2. The van der Waals surface area contributed by atoms with Crippen molar-refractivity contribution in [3.05, 3.63) is 9.47 Å². The summed E-state index contributed by atoms with van der Waals surface area (Å²) >= 11 is 6.72. The number of amides is 1. The smallest absolute Gasteiger partial charge is 0.282 e.